The molecule has 0 aromatic rings. The number of carbonyl (C=O) groups excluding carboxylic acids is 2. The van der Waals surface area contributed by atoms with Crippen molar-refractivity contribution in [1.29, 1.82) is 0 Å². The van der Waals surface area contributed by atoms with Gasteiger partial charge in [0.05, 0.1) is 5.76 Å². The number of nitrogens with two attached hydrogens (primary N) is 4. The van der Waals surface area contributed by atoms with Crippen LogP contribution in [0.4, 0.5) is 9.59 Å². The van der Waals surface area contributed by atoms with Gasteiger partial charge in [0.25, 0.3) is 0 Å². The highest BCUT2D eigenvalue weighted by Gasteiger charge is 1.61. The normalized spacial score (nSPS) is 6.08. The van der Waals surface area contributed by atoms with E-state index in [9.17, 15) is 0 Å². The summed E-state index contributed by atoms with van der Waals surface area (Å²) in [7, 11) is 0. The number of aliphatic hydroxyl groups excluding tert-OH is 1. The minimum Gasteiger partial charge on any atom is -0.513 e. The highest BCUT2D eigenvalue weighted by molar-refractivity contribution is 5.69. The van der Waals surface area contributed by atoms with Gasteiger partial charge in [-0.3, -0.25) is 0 Å². The zero-order chi connectivity index (χ0) is 10.7. The molecule has 0 radical (unpaired) electrons. The fraction of sp³-hybridized carbons (Fsp3) is 0.200. The Morgan fingerprint density at radius 1 is 1.08 bits per heavy atom. The van der Waals surface area contributed by atoms with Gasteiger partial charge in [-0.05, 0) is 6.92 Å². The Hall–Kier alpha value is -1.92. The van der Waals surface area contributed by atoms with Crippen molar-refractivity contribution in [1.82, 2.24) is 0 Å². The van der Waals surface area contributed by atoms with E-state index in [1.807, 2.05) is 0 Å². The predicted molar refractivity (Wildman–Crippen MR) is 45.0 cm³/mol. The highest BCUT2D eigenvalue weighted by Crippen LogP contribution is 1.66. The molecule has 0 aliphatic carbocycles. The number of hydrogen-bond acceptors (Lipinski definition) is 3. The fourth-order valence-corrected chi connectivity index (χ4v) is 0. The number of aliphatic hydroxyl groups is 1. The molecule has 7 nitrogen and oxygen atoms in total. The molecule has 4 amide bonds. The topological polar surface area (TPSA) is 158 Å². The summed E-state index contributed by atoms with van der Waals surface area (Å²) in [5.74, 6) is 0.167. The predicted octanol–water partition coefficient (Wildman–Crippen LogP) is -0.874. The Morgan fingerprint density at radius 2 is 1.08 bits per heavy atom. The summed E-state index contributed by atoms with van der Waals surface area (Å²) < 4.78 is 0. The molecule has 0 spiro atoms. The van der Waals surface area contributed by atoms with Gasteiger partial charge >= 0.3 is 12.1 Å². The lowest BCUT2D eigenvalue weighted by atomic mass is 10.7. The van der Waals surface area contributed by atoms with Crippen LogP contribution in [0.5, 0.6) is 0 Å². The molecule has 0 unspecified atom stereocenters. The number of urea groups is 2. The maximum Gasteiger partial charge on any atom is 0.309 e. The van der Waals surface area contributed by atoms with Gasteiger partial charge in [0, 0.05) is 0 Å². The van der Waals surface area contributed by atoms with Gasteiger partial charge in [0.15, 0.2) is 0 Å². The second kappa shape index (κ2) is 11.8. The van der Waals surface area contributed by atoms with Gasteiger partial charge in [0.1, 0.15) is 0 Å². The summed E-state index contributed by atoms with van der Waals surface area (Å²) in [6.07, 6.45) is 0. The van der Waals surface area contributed by atoms with E-state index in [4.69, 9.17) is 14.7 Å². The van der Waals surface area contributed by atoms with Crippen LogP contribution in [0.2, 0.25) is 0 Å². The second-order valence-electron chi connectivity index (χ2n) is 1.54. The Kier molecular flexibility index (Phi) is 16.3. The Bertz CT molecular complexity index is 116. The number of carbonyl (C=O) groups is 2. The average molecular weight is 178 g/mol. The number of rotatable bonds is 0. The number of amides is 4. The van der Waals surface area contributed by atoms with Crippen LogP contribution < -0.4 is 22.9 Å². The Morgan fingerprint density at radius 3 is 1.08 bits per heavy atom. The third-order valence-electron chi connectivity index (χ3n) is 0. The minimum atomic E-state index is -0.833. The first-order valence-electron chi connectivity index (χ1n) is 2.64. The smallest absolute Gasteiger partial charge is 0.309 e. The quantitative estimate of drug-likeness (QED) is 0.305. The molecule has 0 aromatic carbocycles. The molecule has 0 aliphatic rings. The molecule has 72 valence electrons. The molecule has 7 heteroatoms. The van der Waals surface area contributed by atoms with Crippen LogP contribution in [-0.2, 0) is 0 Å². The minimum absolute atomic E-state index is 0.167. The molecule has 0 aliphatic heterocycles. The van der Waals surface area contributed by atoms with Crippen LogP contribution in [-0.4, -0.2) is 17.2 Å². The maximum atomic E-state index is 9.00. The fourth-order valence-electron chi connectivity index (χ4n) is 0. The zero-order valence-corrected chi connectivity index (χ0v) is 6.78. The van der Waals surface area contributed by atoms with Crippen LogP contribution >= 0.6 is 0 Å². The first kappa shape index (κ1) is 16.6. The van der Waals surface area contributed by atoms with E-state index in [0.29, 0.717) is 0 Å². The second-order valence-corrected chi connectivity index (χ2v) is 1.54. The molecule has 0 bridgehead atoms. The molecule has 0 aromatic heterocycles. The van der Waals surface area contributed by atoms with Crippen LogP contribution in [0.25, 0.3) is 0 Å². The van der Waals surface area contributed by atoms with Crippen molar-refractivity contribution in [2.24, 2.45) is 22.9 Å². The van der Waals surface area contributed by atoms with Crippen molar-refractivity contribution < 1.29 is 14.7 Å². The van der Waals surface area contributed by atoms with E-state index in [1.54, 1.807) is 0 Å². The van der Waals surface area contributed by atoms with Crippen LogP contribution in [0.1, 0.15) is 6.92 Å². The molecule has 0 saturated heterocycles. The third-order valence-corrected chi connectivity index (χ3v) is 0. The number of allylic oxidation sites excluding steroid dienone is 1. The summed E-state index contributed by atoms with van der Waals surface area (Å²) in [6.45, 7) is 4.64. The Labute approximate surface area is 70.0 Å². The SMILES string of the molecule is C=C(C)O.NC(N)=O.NC(N)=O. The van der Waals surface area contributed by atoms with E-state index in [-0.39, 0.29) is 5.76 Å². The lowest BCUT2D eigenvalue weighted by Gasteiger charge is -1.68. The van der Waals surface area contributed by atoms with Crippen molar-refractivity contribution in [2.75, 3.05) is 0 Å². The Balaban J connectivity index is -0.000000101. The largest absolute Gasteiger partial charge is 0.513 e. The van der Waals surface area contributed by atoms with Crippen LogP contribution in [0.15, 0.2) is 12.3 Å². The molecule has 0 rings (SSSR count). The monoisotopic (exact) mass is 178 g/mol. The zero-order valence-electron chi connectivity index (χ0n) is 6.78. The molecule has 0 atom stereocenters. The van der Waals surface area contributed by atoms with E-state index in [0.717, 1.165) is 0 Å². The molecular formula is C5H14N4O3. The van der Waals surface area contributed by atoms with Crippen molar-refractivity contribution in [3.05, 3.63) is 12.3 Å². The highest BCUT2D eigenvalue weighted by atomic mass is 16.3. The lowest BCUT2D eigenvalue weighted by Crippen LogP contribution is -2.18. The van der Waals surface area contributed by atoms with E-state index >= 15 is 0 Å². The standard InChI is InChI=1S/C3H6O.2CH4N2O/c1-3(2)4;2*2-1(3)4/h4H,1H2,2H3;2*(H4,2,3,4). The molecular weight excluding hydrogens is 164 g/mol. The maximum absolute atomic E-state index is 9.00. The molecule has 0 heterocycles. The summed E-state index contributed by atoms with van der Waals surface area (Å²) in [4.78, 5) is 18.0. The van der Waals surface area contributed by atoms with Gasteiger partial charge < -0.3 is 28.0 Å². The third kappa shape index (κ3) is 110. The van der Waals surface area contributed by atoms with Crippen molar-refractivity contribution in [3.63, 3.8) is 0 Å². The van der Waals surface area contributed by atoms with E-state index < -0.39 is 12.1 Å². The summed E-state index contributed by atoms with van der Waals surface area (Å²) in [5, 5.41) is 7.86. The van der Waals surface area contributed by atoms with Gasteiger partial charge in [-0.25, -0.2) is 9.59 Å². The summed E-state index contributed by atoms with van der Waals surface area (Å²) in [5.41, 5.74) is 17.0. The van der Waals surface area contributed by atoms with Crippen molar-refractivity contribution in [3.8, 4) is 0 Å². The van der Waals surface area contributed by atoms with Crippen LogP contribution in [0, 0.1) is 0 Å². The van der Waals surface area contributed by atoms with Gasteiger partial charge in [-0.1, -0.05) is 6.58 Å². The molecule has 0 fully saturated rings. The molecule has 0 saturated carbocycles. The number of hydrogen-bond donors (Lipinski definition) is 5. The van der Waals surface area contributed by atoms with E-state index in [2.05, 4.69) is 29.5 Å². The van der Waals surface area contributed by atoms with Gasteiger partial charge in [-0.15, -0.1) is 0 Å². The van der Waals surface area contributed by atoms with E-state index in [1.165, 1.54) is 6.92 Å². The average Bonchev–Trinajstić information content (AvgIpc) is 1.54. The lowest BCUT2D eigenvalue weighted by molar-refractivity contribution is 0.255. The van der Waals surface area contributed by atoms with Crippen molar-refractivity contribution >= 4 is 12.1 Å². The van der Waals surface area contributed by atoms with Crippen LogP contribution in [0.3, 0.4) is 0 Å². The first-order chi connectivity index (χ1) is 5.20. The molecule has 9 N–H and O–H groups in total. The number of primary amides is 4. The first-order valence-corrected chi connectivity index (χ1v) is 2.64. The van der Waals surface area contributed by atoms with Gasteiger partial charge in [0.2, 0.25) is 0 Å². The van der Waals surface area contributed by atoms with Gasteiger partial charge in [-0.2, -0.15) is 0 Å². The summed E-state index contributed by atoms with van der Waals surface area (Å²) in [6, 6.07) is -1.67. The summed E-state index contributed by atoms with van der Waals surface area (Å²) >= 11 is 0. The van der Waals surface area contributed by atoms with Crippen molar-refractivity contribution in [2.45, 2.75) is 6.92 Å². The molecule has 12 heavy (non-hydrogen) atoms.